The molecular weight excluding hydrogens is 592 g/mol. The van der Waals surface area contributed by atoms with Crippen LogP contribution in [0.4, 0.5) is 18.9 Å². The lowest BCUT2D eigenvalue weighted by Gasteiger charge is -2.36. The van der Waals surface area contributed by atoms with E-state index in [1.54, 1.807) is 6.07 Å². The van der Waals surface area contributed by atoms with E-state index in [2.05, 4.69) is 29.4 Å². The number of carboxylic acids is 1. The molecule has 5 rings (SSSR count). The molecule has 3 aromatic rings. The lowest BCUT2D eigenvalue weighted by atomic mass is 9.88. The Morgan fingerprint density at radius 3 is 2.36 bits per heavy atom. The fourth-order valence-electron chi connectivity index (χ4n) is 6.08. The number of carboxylic acid groups (broad SMARTS) is 1. The molecule has 0 saturated carbocycles. The van der Waals surface area contributed by atoms with Crippen molar-refractivity contribution in [1.29, 1.82) is 0 Å². The lowest BCUT2D eigenvalue weighted by molar-refractivity contribution is -0.145. The summed E-state index contributed by atoms with van der Waals surface area (Å²) in [5, 5.41) is 13.7. The van der Waals surface area contributed by atoms with Gasteiger partial charge in [0.1, 0.15) is 5.56 Å². The summed E-state index contributed by atoms with van der Waals surface area (Å²) in [7, 11) is 0. The second-order valence-corrected chi connectivity index (χ2v) is 11.1. The van der Waals surface area contributed by atoms with Crippen LogP contribution in [-0.4, -0.2) is 57.8 Å². The zero-order valence-corrected chi connectivity index (χ0v) is 24.7. The summed E-state index contributed by atoms with van der Waals surface area (Å²) in [5.41, 5.74) is 1.82. The number of carbonyl (C=O) groups excluding carboxylic acids is 1. The molecule has 1 unspecified atom stereocenters. The van der Waals surface area contributed by atoms with Gasteiger partial charge in [-0.3, -0.25) is 9.48 Å². The minimum Gasteiger partial charge on any atom is -0.478 e. The summed E-state index contributed by atoms with van der Waals surface area (Å²) in [4.78, 5) is 27.4. The molecule has 2 saturated heterocycles. The van der Waals surface area contributed by atoms with Gasteiger partial charge in [-0.2, -0.15) is 18.3 Å². The summed E-state index contributed by atoms with van der Waals surface area (Å²) in [6, 6.07) is 13.2. The number of rotatable bonds is 6. The van der Waals surface area contributed by atoms with Crippen molar-refractivity contribution < 1.29 is 27.9 Å². The van der Waals surface area contributed by atoms with Crippen LogP contribution in [0.5, 0.6) is 0 Å². The normalized spacial score (nSPS) is 18.1. The number of nitrogens with zero attached hydrogens (tertiary/aromatic N) is 4. The Morgan fingerprint density at radius 1 is 1.05 bits per heavy atom. The molecule has 1 aromatic heterocycles. The molecule has 1 N–H and O–H groups in total. The molecule has 1 atom stereocenters. The topological polar surface area (TPSA) is 78.7 Å². The number of halogens is 5. The van der Waals surface area contributed by atoms with Crippen molar-refractivity contribution >= 4 is 41.6 Å². The standard InChI is InChI=1S/C30H32ClF3N4O3.ClH/c1-2-27(39)36-14-11-20(12-15-36)19-5-7-21(8-6-19)24-10-9-22(31)16-26(24)37-13-3-4-23(18-37)38-28(30(32,33)34)25(17-35-38)29(40)41;/h5-10,16-17,20,23H,2-4,11-15,18H2,1H3,(H,40,41);1H. The zero-order chi connectivity index (χ0) is 29.3. The average Bonchev–Trinajstić information content (AvgIpc) is 3.44. The molecule has 3 heterocycles. The van der Waals surface area contributed by atoms with E-state index >= 15 is 0 Å². The minimum absolute atomic E-state index is 0. The summed E-state index contributed by atoms with van der Waals surface area (Å²) < 4.78 is 42.5. The molecule has 2 aliphatic rings. The second-order valence-electron chi connectivity index (χ2n) is 10.7. The third-order valence-corrected chi connectivity index (χ3v) is 8.42. The van der Waals surface area contributed by atoms with Gasteiger partial charge >= 0.3 is 12.1 Å². The van der Waals surface area contributed by atoms with Crippen molar-refractivity contribution in [2.75, 3.05) is 31.1 Å². The Kier molecular flexibility index (Phi) is 9.77. The summed E-state index contributed by atoms with van der Waals surface area (Å²) in [5.74, 6) is -1.08. The van der Waals surface area contributed by atoms with Gasteiger partial charge in [-0.15, -0.1) is 12.4 Å². The van der Waals surface area contributed by atoms with Crippen LogP contribution in [0.2, 0.25) is 5.02 Å². The number of hydrogen-bond donors (Lipinski definition) is 1. The highest BCUT2D eigenvalue weighted by atomic mass is 35.5. The largest absolute Gasteiger partial charge is 0.478 e. The molecule has 12 heteroatoms. The van der Waals surface area contributed by atoms with Crippen molar-refractivity contribution in [2.45, 2.75) is 57.2 Å². The maximum Gasteiger partial charge on any atom is 0.433 e. The highest BCUT2D eigenvalue weighted by Crippen LogP contribution is 2.40. The van der Waals surface area contributed by atoms with Crippen LogP contribution in [-0.2, 0) is 11.0 Å². The van der Waals surface area contributed by atoms with Crippen molar-refractivity contribution in [3.63, 3.8) is 0 Å². The van der Waals surface area contributed by atoms with E-state index < -0.39 is 29.4 Å². The third kappa shape index (κ3) is 6.54. The summed E-state index contributed by atoms with van der Waals surface area (Å²) >= 11 is 6.39. The number of alkyl halides is 3. The van der Waals surface area contributed by atoms with Crippen LogP contribution in [0, 0.1) is 0 Å². The van der Waals surface area contributed by atoms with Crippen LogP contribution >= 0.6 is 24.0 Å². The summed E-state index contributed by atoms with van der Waals surface area (Å²) in [6.45, 7) is 4.25. The van der Waals surface area contributed by atoms with Gasteiger partial charge in [0.2, 0.25) is 5.91 Å². The molecule has 0 spiro atoms. The van der Waals surface area contributed by atoms with Gasteiger partial charge in [-0.05, 0) is 54.9 Å². The van der Waals surface area contributed by atoms with Gasteiger partial charge in [0.25, 0.3) is 0 Å². The predicted molar refractivity (Wildman–Crippen MR) is 158 cm³/mol. The molecule has 0 aliphatic carbocycles. The second kappa shape index (κ2) is 13.0. The molecule has 226 valence electrons. The molecule has 0 radical (unpaired) electrons. The van der Waals surface area contributed by atoms with Crippen LogP contribution in [0.1, 0.15) is 72.6 Å². The highest BCUT2D eigenvalue weighted by molar-refractivity contribution is 6.31. The van der Waals surface area contributed by atoms with E-state index in [0.29, 0.717) is 36.7 Å². The van der Waals surface area contributed by atoms with Crippen molar-refractivity contribution in [3.05, 3.63) is 70.5 Å². The van der Waals surface area contributed by atoms with E-state index in [1.165, 1.54) is 5.56 Å². The molecule has 0 bridgehead atoms. The first kappa shape index (κ1) is 31.7. The van der Waals surface area contributed by atoms with Gasteiger partial charge in [0.15, 0.2) is 5.69 Å². The van der Waals surface area contributed by atoms with Crippen molar-refractivity contribution in [2.24, 2.45) is 0 Å². The number of likely N-dealkylation sites (tertiary alicyclic amines) is 1. The van der Waals surface area contributed by atoms with E-state index in [-0.39, 0.29) is 24.9 Å². The summed E-state index contributed by atoms with van der Waals surface area (Å²) in [6.07, 6.45) is -0.663. The molecule has 42 heavy (non-hydrogen) atoms. The number of hydrogen-bond acceptors (Lipinski definition) is 4. The van der Waals surface area contributed by atoms with Gasteiger partial charge < -0.3 is 14.9 Å². The molecule has 7 nitrogen and oxygen atoms in total. The average molecular weight is 626 g/mol. The third-order valence-electron chi connectivity index (χ3n) is 8.18. The number of carbonyl (C=O) groups is 2. The molecular formula is C30H33Cl2F3N4O3. The van der Waals surface area contributed by atoms with E-state index in [1.807, 2.05) is 28.9 Å². The smallest absolute Gasteiger partial charge is 0.433 e. The van der Waals surface area contributed by atoms with Gasteiger partial charge in [-0.25, -0.2) is 4.79 Å². The highest BCUT2D eigenvalue weighted by Gasteiger charge is 2.42. The quantitative estimate of drug-likeness (QED) is 0.311. The molecule has 2 aromatic carbocycles. The maximum atomic E-state index is 13.9. The first-order valence-corrected chi connectivity index (χ1v) is 14.2. The van der Waals surface area contributed by atoms with E-state index in [9.17, 15) is 27.9 Å². The number of aromatic carboxylic acids is 1. The van der Waals surface area contributed by atoms with Crippen LogP contribution in [0.3, 0.4) is 0 Å². The van der Waals surface area contributed by atoms with Gasteiger partial charge in [0, 0.05) is 48.9 Å². The van der Waals surface area contributed by atoms with Crippen LogP contribution < -0.4 is 4.90 Å². The number of benzene rings is 2. The zero-order valence-electron chi connectivity index (χ0n) is 23.1. The predicted octanol–water partition coefficient (Wildman–Crippen LogP) is 7.30. The van der Waals surface area contributed by atoms with Crippen LogP contribution in [0.15, 0.2) is 48.7 Å². The van der Waals surface area contributed by atoms with Gasteiger partial charge in [0.05, 0.1) is 12.2 Å². The van der Waals surface area contributed by atoms with E-state index in [4.69, 9.17) is 11.6 Å². The Balaban J connectivity index is 0.00000405. The van der Waals surface area contributed by atoms with Crippen molar-refractivity contribution in [3.8, 4) is 11.1 Å². The monoisotopic (exact) mass is 624 g/mol. The number of piperidine rings is 2. The number of amides is 1. The first-order chi connectivity index (χ1) is 19.6. The Morgan fingerprint density at radius 2 is 1.74 bits per heavy atom. The van der Waals surface area contributed by atoms with E-state index in [0.717, 1.165) is 53.6 Å². The SMILES string of the molecule is CCC(=O)N1CCC(c2ccc(-c3ccc(Cl)cc3N3CCCC(n4ncc(C(=O)O)c4C(F)(F)F)C3)cc2)CC1.Cl. The molecule has 2 fully saturated rings. The Hall–Kier alpha value is -3.24. The molecule has 1 amide bonds. The molecule has 2 aliphatic heterocycles. The Labute approximate surface area is 253 Å². The lowest BCUT2D eigenvalue weighted by Crippen LogP contribution is -2.38. The Bertz CT molecular complexity index is 1420. The van der Waals surface area contributed by atoms with Crippen LogP contribution in [0.25, 0.3) is 11.1 Å². The van der Waals surface area contributed by atoms with Crippen molar-refractivity contribution in [1.82, 2.24) is 14.7 Å². The maximum absolute atomic E-state index is 13.9. The van der Waals surface area contributed by atoms with Gasteiger partial charge in [-0.1, -0.05) is 48.9 Å². The minimum atomic E-state index is -4.85. The fraction of sp³-hybridized carbons (Fsp3) is 0.433. The number of anilines is 1. The first-order valence-electron chi connectivity index (χ1n) is 13.9. The fourth-order valence-corrected chi connectivity index (χ4v) is 6.25. The number of aromatic nitrogens is 2.